The van der Waals surface area contributed by atoms with E-state index in [1.807, 2.05) is 11.3 Å². The van der Waals surface area contributed by atoms with Gasteiger partial charge in [-0.15, -0.1) is 0 Å². The van der Waals surface area contributed by atoms with Crippen molar-refractivity contribution in [3.8, 4) is 0 Å². The van der Waals surface area contributed by atoms with Gasteiger partial charge in [0.2, 0.25) is 5.91 Å². The third kappa shape index (κ3) is 4.09. The number of aromatic amines is 1. The van der Waals surface area contributed by atoms with Crippen molar-refractivity contribution in [1.29, 1.82) is 0 Å². The lowest BCUT2D eigenvalue weighted by atomic mass is 9.68. The molecule has 4 atom stereocenters. The van der Waals surface area contributed by atoms with Crippen molar-refractivity contribution in [1.82, 2.24) is 4.90 Å². The third-order valence-electron chi connectivity index (χ3n) is 8.92. The molecule has 4 N–H and O–H groups in total. The molecule has 1 aromatic heterocycles. The fraction of sp³-hybridized carbons (Fsp3) is 0.467. The van der Waals surface area contributed by atoms with Gasteiger partial charge in [0.25, 0.3) is 0 Å². The summed E-state index contributed by atoms with van der Waals surface area (Å²) in [5, 5.41) is 3.69. The van der Waals surface area contributed by atoms with Gasteiger partial charge in [-0.05, 0) is 54.1 Å². The molecule has 5 nitrogen and oxygen atoms in total. The van der Waals surface area contributed by atoms with Crippen molar-refractivity contribution < 1.29 is 20.0 Å². The van der Waals surface area contributed by atoms with Crippen LogP contribution < -0.4 is 15.2 Å². The van der Waals surface area contributed by atoms with Gasteiger partial charge in [-0.2, -0.15) is 4.98 Å². The van der Waals surface area contributed by atoms with Crippen LogP contribution in [0.5, 0.6) is 0 Å². The number of carbonyl (C=O) groups is 1. The standard InChI is InChI=1S/C30H36N4OS/c1-33(2)29-32-25-14-9-16-30(27(25)36-29)20-31-19-24(30)28(35)34-17-15-23(21-10-5-3-6-11-21)18-26(34)22-12-7-4-8-13-22/h3-8,10-13,23-24,26,31H,9,14-20H2,1-2H3/p+3/t23-,24+,26+,30-/m1/s1. The lowest BCUT2D eigenvalue weighted by Crippen LogP contribution is -3.01. The number of piperidine rings is 1. The number of rotatable bonds is 4. The first-order valence-corrected chi connectivity index (χ1v) is 14.5. The maximum Gasteiger partial charge on any atom is 0.426 e. The number of aromatic nitrogens is 1. The molecule has 6 rings (SSSR count). The Balaban J connectivity index is 1.33. The summed E-state index contributed by atoms with van der Waals surface area (Å²) in [4.78, 5) is 23.3. The molecule has 3 aromatic rings. The number of H-pyrrole nitrogens is 1. The highest BCUT2D eigenvalue weighted by Gasteiger charge is 2.58. The van der Waals surface area contributed by atoms with Crippen molar-refractivity contribution in [2.75, 3.05) is 33.7 Å². The van der Waals surface area contributed by atoms with Crippen molar-refractivity contribution in [3.05, 3.63) is 82.4 Å². The van der Waals surface area contributed by atoms with E-state index in [9.17, 15) is 4.79 Å². The van der Waals surface area contributed by atoms with Gasteiger partial charge in [-0.1, -0.05) is 60.7 Å². The molecule has 1 amide bonds. The molecule has 2 saturated heterocycles. The quantitative estimate of drug-likeness (QED) is 0.564. The van der Waals surface area contributed by atoms with Crippen LogP contribution in [-0.4, -0.2) is 44.5 Å². The Morgan fingerprint density at radius 3 is 2.53 bits per heavy atom. The van der Waals surface area contributed by atoms with E-state index < -0.39 is 0 Å². The highest BCUT2D eigenvalue weighted by molar-refractivity contribution is 7.14. The Hall–Kier alpha value is -2.54. The van der Waals surface area contributed by atoms with Crippen molar-refractivity contribution in [2.45, 2.75) is 49.5 Å². The smallest absolute Gasteiger partial charge is 0.345 e. The number of quaternary nitrogens is 2. The van der Waals surface area contributed by atoms with E-state index >= 15 is 0 Å². The summed E-state index contributed by atoms with van der Waals surface area (Å²) in [6.07, 6.45) is 5.43. The maximum absolute atomic E-state index is 14.5. The summed E-state index contributed by atoms with van der Waals surface area (Å²) in [7, 11) is 4.37. The highest BCUT2D eigenvalue weighted by atomic mass is 32.1. The van der Waals surface area contributed by atoms with Gasteiger partial charge in [0.05, 0.1) is 43.5 Å². The first-order valence-electron chi connectivity index (χ1n) is 13.6. The third-order valence-corrected chi connectivity index (χ3v) is 10.5. The molecule has 0 saturated carbocycles. The van der Waals surface area contributed by atoms with E-state index in [1.54, 1.807) is 0 Å². The maximum atomic E-state index is 14.5. The summed E-state index contributed by atoms with van der Waals surface area (Å²) in [5.41, 5.74) is 4.03. The zero-order valence-corrected chi connectivity index (χ0v) is 22.3. The minimum atomic E-state index is -0.0307. The number of nitrogens with one attached hydrogen (secondary N) is 2. The molecule has 0 radical (unpaired) electrons. The van der Waals surface area contributed by atoms with Gasteiger partial charge in [-0.25, -0.2) is 4.90 Å². The van der Waals surface area contributed by atoms with E-state index in [0.29, 0.717) is 11.8 Å². The minimum absolute atomic E-state index is 0.0307. The van der Waals surface area contributed by atoms with E-state index in [1.165, 1.54) is 31.7 Å². The Morgan fingerprint density at radius 1 is 1.08 bits per heavy atom. The second kappa shape index (κ2) is 9.73. The number of amides is 1. The zero-order chi connectivity index (χ0) is 24.7. The van der Waals surface area contributed by atoms with E-state index in [4.69, 9.17) is 0 Å². The number of carbonyl (C=O) groups excluding carboxylic acids is 1. The molecule has 188 valence electrons. The van der Waals surface area contributed by atoms with Crippen molar-refractivity contribution in [3.63, 3.8) is 0 Å². The normalized spacial score (nSPS) is 28.0. The van der Waals surface area contributed by atoms with Gasteiger partial charge in [0, 0.05) is 13.0 Å². The fourth-order valence-electron chi connectivity index (χ4n) is 7.07. The molecule has 3 aliphatic rings. The number of likely N-dealkylation sites (tertiary alicyclic amines) is 1. The van der Waals surface area contributed by atoms with Crippen LogP contribution in [0, 0.1) is 5.92 Å². The Morgan fingerprint density at radius 2 is 1.81 bits per heavy atom. The largest absolute Gasteiger partial charge is 0.426 e. The van der Waals surface area contributed by atoms with E-state index in [-0.39, 0.29) is 17.4 Å². The van der Waals surface area contributed by atoms with Crippen molar-refractivity contribution in [2.24, 2.45) is 5.92 Å². The predicted molar refractivity (Wildman–Crippen MR) is 142 cm³/mol. The molecule has 6 heteroatoms. The monoisotopic (exact) mass is 503 g/mol. The van der Waals surface area contributed by atoms with Gasteiger partial charge < -0.3 is 10.2 Å². The molecular formula is C30H39N4OS+3. The van der Waals surface area contributed by atoms with Gasteiger partial charge in [-0.3, -0.25) is 4.79 Å². The highest BCUT2D eigenvalue weighted by Crippen LogP contribution is 2.48. The number of thiazole rings is 1. The number of fused-ring (bicyclic) bond motifs is 2. The van der Waals surface area contributed by atoms with Crippen LogP contribution in [0.15, 0.2) is 60.7 Å². The molecule has 36 heavy (non-hydrogen) atoms. The molecule has 2 aliphatic heterocycles. The van der Waals surface area contributed by atoms with Crippen molar-refractivity contribution >= 4 is 22.4 Å². The molecule has 3 heterocycles. The average molecular weight is 504 g/mol. The molecule has 0 bridgehead atoms. The summed E-state index contributed by atoms with van der Waals surface area (Å²) >= 11 is 1.92. The van der Waals surface area contributed by atoms with Crippen LogP contribution in [0.2, 0.25) is 0 Å². The zero-order valence-electron chi connectivity index (χ0n) is 21.5. The topological polar surface area (TPSA) is 55.5 Å². The summed E-state index contributed by atoms with van der Waals surface area (Å²) in [6.45, 7) is 2.77. The number of hydrogen-bond donors (Lipinski definition) is 2. The first-order chi connectivity index (χ1) is 17.6. The van der Waals surface area contributed by atoms with Crippen LogP contribution in [0.3, 0.4) is 0 Å². The Labute approximate surface area is 218 Å². The number of nitrogens with zero attached hydrogens (tertiary/aromatic N) is 1. The Kier molecular flexibility index (Phi) is 6.44. The SMILES string of the molecule is C[NH+](C)c1[nH+]c2c(s1)[C@]1(CCC2)C[NH2+]C[C@H]1C(=O)N1CC[C@@H](c2ccccc2)C[C@H]1c1ccccc1. The van der Waals surface area contributed by atoms with E-state index in [2.05, 4.69) is 90.0 Å². The second-order valence-corrected chi connectivity index (χ2v) is 12.3. The molecule has 1 aliphatic carbocycles. The van der Waals surface area contributed by atoms with Gasteiger partial charge in [0.15, 0.2) is 5.69 Å². The minimum Gasteiger partial charge on any atom is -0.345 e. The summed E-state index contributed by atoms with van der Waals surface area (Å²) in [6, 6.07) is 21.8. The van der Waals surface area contributed by atoms with Crippen LogP contribution >= 0.6 is 11.3 Å². The van der Waals surface area contributed by atoms with Crippen LogP contribution in [0.1, 0.15) is 59.3 Å². The average Bonchev–Trinajstić information content (AvgIpc) is 3.55. The van der Waals surface area contributed by atoms with Gasteiger partial charge in [0.1, 0.15) is 5.92 Å². The summed E-state index contributed by atoms with van der Waals surface area (Å²) in [5.74, 6) is 0.917. The summed E-state index contributed by atoms with van der Waals surface area (Å²) < 4.78 is 0. The van der Waals surface area contributed by atoms with Crippen LogP contribution in [0.4, 0.5) is 5.13 Å². The molecule has 2 aromatic carbocycles. The molecule has 2 fully saturated rings. The predicted octanol–water partition coefficient (Wildman–Crippen LogP) is 2.25. The van der Waals surface area contributed by atoms with Crippen LogP contribution in [-0.2, 0) is 16.6 Å². The number of benzene rings is 2. The van der Waals surface area contributed by atoms with Crippen LogP contribution in [0.25, 0.3) is 0 Å². The van der Waals surface area contributed by atoms with E-state index in [0.717, 1.165) is 51.7 Å². The number of aryl methyl sites for hydroxylation is 1. The fourth-order valence-corrected chi connectivity index (χ4v) is 8.46. The van der Waals surface area contributed by atoms with Gasteiger partial charge >= 0.3 is 5.13 Å². The number of nitrogens with two attached hydrogens (primary N) is 1. The number of hydrogen-bond acceptors (Lipinski definition) is 2. The lowest BCUT2D eigenvalue weighted by molar-refractivity contribution is -0.823. The first kappa shape index (κ1) is 23.8. The molecule has 1 spiro atoms. The molecular weight excluding hydrogens is 464 g/mol. The second-order valence-electron chi connectivity index (χ2n) is 11.2. The molecule has 0 unspecified atom stereocenters. The Bertz CT molecular complexity index is 1210. The lowest BCUT2D eigenvalue weighted by Gasteiger charge is -2.43.